The molecule has 2 aliphatic rings. The lowest BCUT2D eigenvalue weighted by Crippen LogP contribution is -2.26. The number of amides is 1. The van der Waals surface area contributed by atoms with Crippen LogP contribution in [0.5, 0.6) is 17.2 Å². The van der Waals surface area contributed by atoms with E-state index >= 15 is 0 Å². The van der Waals surface area contributed by atoms with Crippen molar-refractivity contribution in [3.05, 3.63) is 29.0 Å². The Morgan fingerprint density at radius 1 is 1.10 bits per heavy atom. The summed E-state index contributed by atoms with van der Waals surface area (Å²) in [5.74, 6) is 1.89. The number of aryl methyl sites for hydroxylation is 1. The SMILES string of the molecule is COc1cc(OC)c([C@@H]2CC(=O)Nc3c2c(C)nn3[C@@H]2CCS(=O)(=O)C2)cc1OC. The number of ether oxygens (including phenoxy) is 3. The summed E-state index contributed by atoms with van der Waals surface area (Å²) in [4.78, 5) is 12.6. The third-order valence-corrected chi connectivity index (χ3v) is 7.54. The number of aromatic nitrogens is 2. The van der Waals surface area contributed by atoms with Crippen LogP contribution in [-0.4, -0.2) is 56.9 Å². The average molecular weight is 436 g/mol. The van der Waals surface area contributed by atoms with Gasteiger partial charge in [0.25, 0.3) is 0 Å². The Balaban J connectivity index is 1.85. The lowest BCUT2D eigenvalue weighted by atomic mass is 9.85. The molecule has 2 atom stereocenters. The Morgan fingerprint density at radius 3 is 2.37 bits per heavy atom. The van der Waals surface area contributed by atoms with Crippen molar-refractivity contribution in [2.75, 3.05) is 38.2 Å². The molecule has 1 fully saturated rings. The van der Waals surface area contributed by atoms with E-state index in [1.165, 1.54) is 0 Å². The Labute approximate surface area is 175 Å². The summed E-state index contributed by atoms with van der Waals surface area (Å²) in [5, 5.41) is 7.53. The number of methoxy groups -OCH3 is 3. The standard InChI is InChI=1S/C20H25N3O6S/c1-11-19-14(13-7-16(28-3)17(29-4)9-15(13)27-2)8-18(24)21-20(19)23(22-11)12-5-6-30(25,26)10-12/h7,9,12,14H,5-6,8,10H2,1-4H3,(H,21,24)/t12-,14+/m1/s1. The summed E-state index contributed by atoms with van der Waals surface area (Å²) in [6.45, 7) is 1.87. The Bertz CT molecular complexity index is 1110. The number of benzene rings is 1. The predicted octanol–water partition coefficient (Wildman–Crippen LogP) is 2.05. The van der Waals surface area contributed by atoms with E-state index in [9.17, 15) is 13.2 Å². The molecule has 162 valence electrons. The maximum absolute atomic E-state index is 12.6. The van der Waals surface area contributed by atoms with Crippen molar-refractivity contribution in [1.29, 1.82) is 0 Å². The third-order valence-electron chi connectivity index (χ3n) is 5.79. The molecule has 1 amide bonds. The average Bonchev–Trinajstić information content (AvgIpc) is 3.25. The zero-order chi connectivity index (χ0) is 21.6. The second kappa shape index (κ2) is 7.50. The molecule has 0 bridgehead atoms. The number of nitrogens with one attached hydrogen (secondary N) is 1. The number of carbonyl (C=O) groups is 1. The van der Waals surface area contributed by atoms with Crippen LogP contribution in [0.4, 0.5) is 5.82 Å². The minimum absolute atomic E-state index is 0.0285. The van der Waals surface area contributed by atoms with Crippen LogP contribution in [-0.2, 0) is 14.6 Å². The van der Waals surface area contributed by atoms with Gasteiger partial charge in [-0.3, -0.25) is 4.79 Å². The van der Waals surface area contributed by atoms with Gasteiger partial charge in [-0.2, -0.15) is 5.10 Å². The molecular weight excluding hydrogens is 410 g/mol. The molecule has 1 N–H and O–H groups in total. The molecule has 30 heavy (non-hydrogen) atoms. The Hall–Kier alpha value is -2.75. The number of anilines is 1. The van der Waals surface area contributed by atoms with Crippen LogP contribution in [0.2, 0.25) is 0 Å². The largest absolute Gasteiger partial charge is 0.496 e. The number of carbonyl (C=O) groups excluding carboxylic acids is 1. The fourth-order valence-corrected chi connectivity index (χ4v) is 6.09. The van der Waals surface area contributed by atoms with Crippen molar-refractivity contribution >= 4 is 21.6 Å². The van der Waals surface area contributed by atoms with Crippen LogP contribution in [0.25, 0.3) is 0 Å². The number of nitrogens with zero attached hydrogens (tertiary/aromatic N) is 2. The van der Waals surface area contributed by atoms with Crippen LogP contribution < -0.4 is 19.5 Å². The first-order chi connectivity index (χ1) is 14.3. The van der Waals surface area contributed by atoms with Crippen molar-refractivity contribution in [1.82, 2.24) is 9.78 Å². The molecule has 1 saturated heterocycles. The molecule has 1 aromatic heterocycles. The number of hydrogen-bond acceptors (Lipinski definition) is 7. The van der Waals surface area contributed by atoms with Crippen LogP contribution in [0.3, 0.4) is 0 Å². The van der Waals surface area contributed by atoms with E-state index < -0.39 is 9.84 Å². The van der Waals surface area contributed by atoms with Gasteiger partial charge in [0, 0.05) is 29.5 Å². The number of sulfone groups is 1. The van der Waals surface area contributed by atoms with E-state index in [-0.39, 0.29) is 35.8 Å². The zero-order valence-electron chi connectivity index (χ0n) is 17.4. The summed E-state index contributed by atoms with van der Waals surface area (Å²) < 4.78 is 42.1. The fourth-order valence-electron chi connectivity index (χ4n) is 4.40. The highest BCUT2D eigenvalue weighted by Gasteiger charge is 2.38. The molecule has 0 radical (unpaired) electrons. The van der Waals surface area contributed by atoms with Gasteiger partial charge in [0.15, 0.2) is 21.3 Å². The summed E-state index contributed by atoms with van der Waals surface area (Å²) in [7, 11) is 1.57. The van der Waals surface area contributed by atoms with Crippen molar-refractivity contribution < 1.29 is 27.4 Å². The van der Waals surface area contributed by atoms with Gasteiger partial charge in [-0.25, -0.2) is 13.1 Å². The topological polar surface area (TPSA) is 109 Å². The van der Waals surface area contributed by atoms with E-state index in [0.29, 0.717) is 29.5 Å². The van der Waals surface area contributed by atoms with Gasteiger partial charge in [-0.1, -0.05) is 0 Å². The van der Waals surface area contributed by atoms with Gasteiger partial charge in [0.2, 0.25) is 5.91 Å². The molecule has 10 heteroatoms. The number of rotatable bonds is 5. The number of hydrogen-bond donors (Lipinski definition) is 1. The molecule has 0 saturated carbocycles. The first kappa shape index (κ1) is 20.5. The molecule has 0 spiro atoms. The van der Waals surface area contributed by atoms with Crippen molar-refractivity contribution in [2.45, 2.75) is 31.7 Å². The van der Waals surface area contributed by atoms with Crippen LogP contribution >= 0.6 is 0 Å². The van der Waals surface area contributed by atoms with E-state index in [2.05, 4.69) is 10.4 Å². The lowest BCUT2D eigenvalue weighted by molar-refractivity contribution is -0.116. The molecule has 0 aliphatic carbocycles. The van der Waals surface area contributed by atoms with E-state index in [4.69, 9.17) is 14.2 Å². The highest BCUT2D eigenvalue weighted by Crippen LogP contribution is 2.46. The second-order valence-corrected chi connectivity index (χ2v) is 9.83. The third kappa shape index (κ3) is 3.38. The van der Waals surface area contributed by atoms with Gasteiger partial charge >= 0.3 is 0 Å². The molecule has 3 heterocycles. The molecule has 2 aliphatic heterocycles. The molecular formula is C20H25N3O6S. The molecule has 4 rings (SSSR count). The summed E-state index contributed by atoms with van der Waals surface area (Å²) >= 11 is 0. The van der Waals surface area contributed by atoms with Gasteiger partial charge < -0.3 is 19.5 Å². The van der Waals surface area contributed by atoms with Gasteiger partial charge in [-0.15, -0.1) is 0 Å². The first-order valence-electron chi connectivity index (χ1n) is 9.67. The second-order valence-electron chi connectivity index (χ2n) is 7.60. The van der Waals surface area contributed by atoms with Crippen molar-refractivity contribution in [2.24, 2.45) is 0 Å². The lowest BCUT2D eigenvalue weighted by Gasteiger charge is -2.27. The van der Waals surface area contributed by atoms with Crippen LogP contribution in [0, 0.1) is 6.92 Å². The highest BCUT2D eigenvalue weighted by atomic mass is 32.2. The summed E-state index contributed by atoms with van der Waals surface area (Å²) in [6.07, 6.45) is 0.699. The van der Waals surface area contributed by atoms with Gasteiger partial charge in [-0.05, 0) is 19.4 Å². The number of fused-ring (bicyclic) bond motifs is 1. The Kier molecular flexibility index (Phi) is 5.13. The molecule has 9 nitrogen and oxygen atoms in total. The monoisotopic (exact) mass is 435 g/mol. The van der Waals surface area contributed by atoms with Gasteiger partial charge in [0.05, 0.1) is 44.6 Å². The summed E-state index contributed by atoms with van der Waals surface area (Å²) in [6, 6.07) is 3.27. The maximum atomic E-state index is 12.6. The zero-order valence-corrected chi connectivity index (χ0v) is 18.2. The van der Waals surface area contributed by atoms with Crippen molar-refractivity contribution in [3.8, 4) is 17.2 Å². The minimum Gasteiger partial charge on any atom is -0.496 e. The Morgan fingerprint density at radius 2 is 1.77 bits per heavy atom. The molecule has 2 aromatic rings. The smallest absolute Gasteiger partial charge is 0.226 e. The molecule has 1 aromatic carbocycles. The maximum Gasteiger partial charge on any atom is 0.226 e. The van der Waals surface area contributed by atoms with Gasteiger partial charge in [0.1, 0.15) is 11.6 Å². The van der Waals surface area contributed by atoms with Crippen LogP contribution in [0.1, 0.15) is 41.6 Å². The first-order valence-corrected chi connectivity index (χ1v) is 11.5. The highest BCUT2D eigenvalue weighted by molar-refractivity contribution is 7.91. The van der Waals surface area contributed by atoms with E-state index in [1.54, 1.807) is 32.1 Å². The normalized spacial score (nSPS) is 22.3. The van der Waals surface area contributed by atoms with Crippen LogP contribution in [0.15, 0.2) is 12.1 Å². The fraction of sp³-hybridized carbons (Fsp3) is 0.500. The van der Waals surface area contributed by atoms with Crippen molar-refractivity contribution in [3.63, 3.8) is 0 Å². The predicted molar refractivity (Wildman–Crippen MR) is 110 cm³/mol. The van der Waals surface area contributed by atoms with E-state index in [1.807, 2.05) is 13.0 Å². The summed E-state index contributed by atoms with van der Waals surface area (Å²) in [5.41, 5.74) is 2.40. The minimum atomic E-state index is -3.09. The molecule has 0 unspecified atom stereocenters. The van der Waals surface area contributed by atoms with E-state index in [0.717, 1.165) is 16.8 Å². The quantitative estimate of drug-likeness (QED) is 0.766.